The van der Waals surface area contributed by atoms with Crippen molar-refractivity contribution in [2.24, 2.45) is 0 Å². The van der Waals surface area contributed by atoms with Crippen LogP contribution >= 0.6 is 13.5 Å². The lowest BCUT2D eigenvalue weighted by Gasteiger charge is -2.34. The first-order valence-electron chi connectivity index (χ1n) is 12.0. The summed E-state index contributed by atoms with van der Waals surface area (Å²) in [7, 11) is 0. The maximum absolute atomic E-state index is 13.3. The molecule has 21 nitrogen and oxygen atoms in total. The van der Waals surface area contributed by atoms with Crippen molar-refractivity contribution in [3.8, 4) is 0 Å². The molecule has 0 amide bonds. The minimum atomic E-state index is -4.50. The summed E-state index contributed by atoms with van der Waals surface area (Å²) in [6.45, 7) is -10.2. The number of nitrogens with zero attached hydrogens (tertiary/aromatic N) is 5. The third-order valence-corrected chi connectivity index (χ3v) is 9.79. The molecule has 3 aromatic rings. The zero-order valence-electron chi connectivity index (χ0n) is 22.8. The minimum Gasteiger partial charge on any atom is -0.780 e. The molecule has 13 N–H and O–H groups in total. The number of aliphatic hydroxyl groups excluding tert-OH is 2. The molecule has 44 heavy (non-hydrogen) atoms. The molecule has 0 radical (unpaired) electrons. The van der Waals surface area contributed by atoms with Gasteiger partial charge >= 0.3 is 5.69 Å². The highest BCUT2D eigenvalue weighted by Crippen LogP contribution is 2.53. The Labute approximate surface area is 256 Å². The maximum Gasteiger partial charge on any atom is 0.330 e. The summed E-state index contributed by atoms with van der Waals surface area (Å²) in [5, 5.41) is 22.1. The van der Waals surface area contributed by atoms with Crippen molar-refractivity contribution in [3.63, 3.8) is 0 Å². The van der Waals surface area contributed by atoms with E-state index in [2.05, 4.69) is 15.0 Å². The number of aliphatic hydroxyl groups is 2. The van der Waals surface area contributed by atoms with Crippen LogP contribution in [0.15, 0.2) is 34.5 Å². The highest BCUT2D eigenvalue weighted by molar-refractivity contribution is 8.32. The third kappa shape index (κ3) is 6.54. The summed E-state index contributed by atoms with van der Waals surface area (Å²) < 4.78 is 48.7. The standard InChI is InChI=1S/C19H23N7O12P2S2.2H3N/c20-15-10-16(22-5-21-15)26(6-23-10)17-12(29)13-8(36-17)4-34-40(32,42)38-14-11(28)7(3-33-39(31,41)37-13)35-18(14)25-2-1-9(27)24-19(25)30;;/h1-2,5-8,11-14,17-18,28-29H,3-4H2,(H,31,41)(H,32,42)(H2,20,21,22)(H,24,27,30);2*1H3/t7-,8-,11-,12-,13-,14-,17-,18-,39?,40?;;/m1../s1. The number of nitrogens with two attached hydrogens (primary N) is 1. The first kappa shape index (κ1) is 34.7. The van der Waals surface area contributed by atoms with E-state index in [4.69, 9.17) is 57.4 Å². The van der Waals surface area contributed by atoms with E-state index in [0.29, 0.717) is 0 Å². The van der Waals surface area contributed by atoms with Crippen molar-refractivity contribution in [1.82, 2.24) is 41.4 Å². The second-order valence-electron chi connectivity index (χ2n) is 9.34. The van der Waals surface area contributed by atoms with Crippen molar-refractivity contribution in [1.29, 1.82) is 0 Å². The summed E-state index contributed by atoms with van der Waals surface area (Å²) in [6, 6.07) is 1.01. The number of rotatable bonds is 2. The van der Waals surface area contributed by atoms with Crippen molar-refractivity contribution >= 4 is 54.6 Å². The van der Waals surface area contributed by atoms with Crippen LogP contribution in [0.1, 0.15) is 12.5 Å². The highest BCUT2D eigenvalue weighted by Gasteiger charge is 2.50. The topological polar surface area (TPSA) is 333 Å². The number of ether oxygens (including phenoxy) is 2. The predicted octanol–water partition coefficient (Wildman–Crippen LogP) is -1.72. The van der Waals surface area contributed by atoms with E-state index in [1.54, 1.807) is 0 Å². The Morgan fingerprint density at radius 2 is 1.73 bits per heavy atom. The van der Waals surface area contributed by atoms with Gasteiger partial charge in [-0.05, 0) is 0 Å². The number of hydrogen-bond donors (Lipinski definition) is 6. The van der Waals surface area contributed by atoms with E-state index < -0.39 is 87.1 Å². The average Bonchev–Trinajstić information content (AvgIpc) is 3.57. The zero-order chi connectivity index (χ0) is 30.0. The first-order valence-corrected chi connectivity index (χ1v) is 17.1. The van der Waals surface area contributed by atoms with Crippen molar-refractivity contribution in [3.05, 3.63) is 45.8 Å². The number of aromatic amines is 1. The van der Waals surface area contributed by atoms with E-state index in [9.17, 15) is 29.3 Å². The Morgan fingerprint density at radius 3 is 2.45 bits per heavy atom. The molecule has 0 aliphatic carbocycles. The van der Waals surface area contributed by atoms with Crippen LogP contribution in [0.2, 0.25) is 0 Å². The van der Waals surface area contributed by atoms with Crippen LogP contribution in [0.4, 0.5) is 5.82 Å². The van der Waals surface area contributed by atoms with Crippen LogP contribution in [0.3, 0.4) is 0 Å². The van der Waals surface area contributed by atoms with Crippen molar-refractivity contribution in [2.45, 2.75) is 49.1 Å². The summed E-state index contributed by atoms with van der Waals surface area (Å²) in [5.74, 6) is 0.0718. The molecular formula is C19H29N9O12P2S2. The lowest BCUT2D eigenvalue weighted by atomic mass is 10.1. The molecule has 6 rings (SSSR count). The second kappa shape index (κ2) is 12.9. The Hall–Kier alpha value is -2.18. The molecule has 244 valence electrons. The van der Waals surface area contributed by atoms with Crippen LogP contribution in [-0.4, -0.2) is 89.1 Å². The molecule has 2 bridgehead atoms. The molecule has 10 atom stereocenters. The summed E-state index contributed by atoms with van der Waals surface area (Å²) in [6.07, 6.45) is -8.14. The van der Waals surface area contributed by atoms with Crippen LogP contribution in [0.5, 0.6) is 0 Å². The fourth-order valence-electron chi connectivity index (χ4n) is 4.78. The number of fused-ring (bicyclic) bond motifs is 4. The zero-order valence-corrected chi connectivity index (χ0v) is 26.3. The number of nitrogens with one attached hydrogen (secondary N) is 1. The Kier molecular flexibility index (Phi) is 10.2. The average molecular weight is 702 g/mol. The summed E-state index contributed by atoms with van der Waals surface area (Å²) >= 11 is 10.1. The Balaban J connectivity index is 0.00000221. The number of quaternary nitrogens is 2. The van der Waals surface area contributed by atoms with Gasteiger partial charge in [-0.3, -0.25) is 23.5 Å². The van der Waals surface area contributed by atoms with Gasteiger partial charge in [-0.15, -0.1) is 0 Å². The highest BCUT2D eigenvalue weighted by atomic mass is 32.7. The lowest BCUT2D eigenvalue weighted by molar-refractivity contribution is -0.219. The molecule has 3 aromatic heterocycles. The van der Waals surface area contributed by atoms with Crippen LogP contribution < -0.4 is 34.2 Å². The molecule has 3 fully saturated rings. The van der Waals surface area contributed by atoms with Gasteiger partial charge in [0.1, 0.15) is 55.2 Å². The van der Waals surface area contributed by atoms with Gasteiger partial charge in [0.25, 0.3) is 5.56 Å². The molecule has 3 aliphatic rings. The van der Waals surface area contributed by atoms with Gasteiger partial charge < -0.3 is 73.0 Å². The van der Waals surface area contributed by atoms with Crippen molar-refractivity contribution < 1.29 is 47.2 Å². The fourth-order valence-corrected chi connectivity index (χ4v) is 7.61. The number of anilines is 1. The number of nitrogen functional groups attached to an aromatic ring is 1. The van der Waals surface area contributed by atoms with Crippen LogP contribution in [0, 0.1) is 0 Å². The van der Waals surface area contributed by atoms with E-state index in [0.717, 1.165) is 16.8 Å². The van der Waals surface area contributed by atoms with E-state index >= 15 is 0 Å². The van der Waals surface area contributed by atoms with Gasteiger partial charge in [-0.1, -0.05) is 11.8 Å². The Morgan fingerprint density at radius 1 is 1.02 bits per heavy atom. The van der Waals surface area contributed by atoms with Crippen LogP contribution in [-0.2, 0) is 56.2 Å². The maximum atomic E-state index is 13.3. The third-order valence-electron chi connectivity index (χ3n) is 6.70. The molecular weight excluding hydrogens is 672 g/mol. The number of aromatic nitrogens is 6. The van der Waals surface area contributed by atoms with Gasteiger partial charge in [0.2, 0.25) is 0 Å². The molecule has 2 unspecified atom stereocenters. The van der Waals surface area contributed by atoms with E-state index in [-0.39, 0.29) is 29.3 Å². The van der Waals surface area contributed by atoms with Gasteiger partial charge in [0.05, 0.1) is 19.5 Å². The molecule has 0 spiro atoms. The Bertz CT molecular complexity index is 1730. The number of imidazole rings is 1. The summed E-state index contributed by atoms with van der Waals surface area (Å²) in [5.41, 5.74) is 4.62. The smallest absolute Gasteiger partial charge is 0.330 e. The molecule has 25 heteroatoms. The quantitative estimate of drug-likeness (QED) is 0.128. The normalized spacial score (nSPS) is 37.5. The van der Waals surface area contributed by atoms with E-state index in [1.807, 2.05) is 4.98 Å². The predicted molar refractivity (Wildman–Crippen MR) is 154 cm³/mol. The minimum absolute atomic E-state index is 0. The molecule has 6 heterocycles. The van der Waals surface area contributed by atoms with E-state index in [1.165, 1.54) is 17.2 Å². The molecule has 3 aliphatic heterocycles. The summed E-state index contributed by atoms with van der Waals surface area (Å²) in [4.78, 5) is 51.3. The largest absolute Gasteiger partial charge is 0.780 e. The SMILES string of the molecule is Nc1ncnc2c1ncn2[C@@H]1O[C@@H]2COP([O-])(=S)O[C@@H]3[C@H](O)[C@@H](COP(=O)([S-])O[C@H]2[C@H]1O)O[C@H]3n1ccc(=O)[nH]c1=O.[NH4+].[NH4+]. The molecule has 3 saturated heterocycles. The number of H-pyrrole nitrogens is 1. The lowest BCUT2D eigenvalue weighted by Crippen LogP contribution is -2.40. The van der Waals surface area contributed by atoms with Gasteiger partial charge in [-0.25, -0.2) is 19.7 Å². The number of hydrogen-bond acceptors (Lipinski definition) is 18. The first-order chi connectivity index (χ1) is 19.8. The molecule has 0 saturated carbocycles. The monoisotopic (exact) mass is 701 g/mol. The second-order valence-corrected chi connectivity index (χ2v) is 14.7. The van der Waals surface area contributed by atoms with Gasteiger partial charge in [0, 0.05) is 12.3 Å². The van der Waals surface area contributed by atoms with Gasteiger partial charge in [0.15, 0.2) is 30.7 Å². The van der Waals surface area contributed by atoms with Crippen molar-refractivity contribution in [2.75, 3.05) is 18.9 Å². The van der Waals surface area contributed by atoms with Crippen LogP contribution in [0.25, 0.3) is 11.2 Å². The fraction of sp³-hybridized carbons (Fsp3) is 0.526. The van der Waals surface area contributed by atoms with Gasteiger partial charge in [-0.2, -0.15) is 0 Å². The molecule has 0 aromatic carbocycles.